The second kappa shape index (κ2) is 2.59. The largest absolute Gasteiger partial charge is 0.439 e. The predicted octanol–water partition coefficient (Wildman–Crippen LogP) is 2.09. The Morgan fingerprint density at radius 2 is 2.25 bits per heavy atom. The standard InChI is InChI=1S/C9H10N2O/c1-3-8-11-9-6(2)4-10-5-7(9)12-8/h4-5H,3H2,1-2H3. The average molecular weight is 162 g/mol. The summed E-state index contributed by atoms with van der Waals surface area (Å²) in [5, 5.41) is 0. The molecule has 0 unspecified atom stereocenters. The molecule has 2 aromatic heterocycles. The molecule has 0 saturated heterocycles. The van der Waals surface area contributed by atoms with Crippen LogP contribution in [0.3, 0.4) is 0 Å². The van der Waals surface area contributed by atoms with Gasteiger partial charge in [0.25, 0.3) is 0 Å². The first kappa shape index (κ1) is 7.28. The summed E-state index contributed by atoms with van der Waals surface area (Å²) in [6.45, 7) is 4.00. The second-order valence-corrected chi connectivity index (χ2v) is 2.76. The number of oxazole rings is 1. The fourth-order valence-electron chi connectivity index (χ4n) is 1.18. The summed E-state index contributed by atoms with van der Waals surface area (Å²) in [5.41, 5.74) is 2.78. The van der Waals surface area contributed by atoms with Crippen molar-refractivity contribution in [3.8, 4) is 0 Å². The molecule has 2 aromatic rings. The van der Waals surface area contributed by atoms with E-state index < -0.39 is 0 Å². The lowest BCUT2D eigenvalue weighted by atomic mass is 10.3. The minimum Gasteiger partial charge on any atom is -0.439 e. The van der Waals surface area contributed by atoms with Crippen molar-refractivity contribution in [2.75, 3.05) is 0 Å². The Labute approximate surface area is 70.4 Å². The van der Waals surface area contributed by atoms with Crippen molar-refractivity contribution in [1.29, 1.82) is 0 Å². The van der Waals surface area contributed by atoms with Crippen molar-refractivity contribution in [1.82, 2.24) is 9.97 Å². The van der Waals surface area contributed by atoms with E-state index in [1.54, 1.807) is 12.4 Å². The number of rotatable bonds is 1. The van der Waals surface area contributed by atoms with Gasteiger partial charge in [-0.1, -0.05) is 6.92 Å². The average Bonchev–Trinajstić information content (AvgIpc) is 2.49. The van der Waals surface area contributed by atoms with E-state index in [-0.39, 0.29) is 0 Å². The lowest BCUT2D eigenvalue weighted by Gasteiger charge is -1.88. The molecule has 62 valence electrons. The molecule has 3 nitrogen and oxygen atoms in total. The maximum absolute atomic E-state index is 5.42. The van der Waals surface area contributed by atoms with Gasteiger partial charge >= 0.3 is 0 Å². The van der Waals surface area contributed by atoms with Crippen molar-refractivity contribution in [2.45, 2.75) is 20.3 Å². The fourth-order valence-corrected chi connectivity index (χ4v) is 1.18. The van der Waals surface area contributed by atoms with Gasteiger partial charge in [0.2, 0.25) is 0 Å². The molecule has 0 saturated carbocycles. The maximum atomic E-state index is 5.42. The Morgan fingerprint density at radius 1 is 1.42 bits per heavy atom. The van der Waals surface area contributed by atoms with Crippen LogP contribution in [-0.2, 0) is 6.42 Å². The second-order valence-electron chi connectivity index (χ2n) is 2.76. The Morgan fingerprint density at radius 3 is 2.92 bits per heavy atom. The van der Waals surface area contributed by atoms with Gasteiger partial charge in [-0.2, -0.15) is 0 Å². The van der Waals surface area contributed by atoms with Crippen LogP contribution in [0.15, 0.2) is 16.8 Å². The van der Waals surface area contributed by atoms with Crippen LogP contribution in [-0.4, -0.2) is 9.97 Å². The number of hydrogen-bond acceptors (Lipinski definition) is 3. The zero-order chi connectivity index (χ0) is 8.55. The third-order valence-corrected chi connectivity index (χ3v) is 1.83. The fraction of sp³-hybridized carbons (Fsp3) is 0.333. The topological polar surface area (TPSA) is 38.9 Å². The van der Waals surface area contributed by atoms with E-state index in [1.807, 2.05) is 13.8 Å². The predicted molar refractivity (Wildman–Crippen MR) is 45.9 cm³/mol. The van der Waals surface area contributed by atoms with Gasteiger partial charge in [0.05, 0.1) is 6.20 Å². The molecular weight excluding hydrogens is 152 g/mol. The number of hydrogen-bond donors (Lipinski definition) is 0. The summed E-state index contributed by atoms with van der Waals surface area (Å²) in [7, 11) is 0. The van der Waals surface area contributed by atoms with Crippen LogP contribution >= 0.6 is 0 Å². The highest BCUT2D eigenvalue weighted by Crippen LogP contribution is 2.17. The summed E-state index contributed by atoms with van der Waals surface area (Å²) >= 11 is 0. The molecule has 0 amide bonds. The molecule has 12 heavy (non-hydrogen) atoms. The summed E-state index contributed by atoms with van der Waals surface area (Å²) in [4.78, 5) is 8.35. The third-order valence-electron chi connectivity index (χ3n) is 1.83. The summed E-state index contributed by atoms with van der Waals surface area (Å²) in [6, 6.07) is 0. The minimum absolute atomic E-state index is 0.779. The highest BCUT2D eigenvalue weighted by atomic mass is 16.3. The van der Waals surface area contributed by atoms with Crippen LogP contribution in [0.5, 0.6) is 0 Å². The molecule has 2 rings (SSSR count). The molecule has 0 bridgehead atoms. The molecule has 0 aromatic carbocycles. The molecule has 0 N–H and O–H groups in total. The Bertz CT molecular complexity index is 406. The van der Waals surface area contributed by atoms with Gasteiger partial charge < -0.3 is 4.42 Å². The van der Waals surface area contributed by atoms with Gasteiger partial charge in [0, 0.05) is 12.6 Å². The highest BCUT2D eigenvalue weighted by Gasteiger charge is 2.05. The van der Waals surface area contributed by atoms with Gasteiger partial charge in [-0.05, 0) is 12.5 Å². The van der Waals surface area contributed by atoms with E-state index in [2.05, 4.69) is 9.97 Å². The molecule has 0 aliphatic heterocycles. The van der Waals surface area contributed by atoms with E-state index >= 15 is 0 Å². The molecule has 0 aliphatic rings. The summed E-state index contributed by atoms with van der Waals surface area (Å²) in [6.07, 6.45) is 4.33. The van der Waals surface area contributed by atoms with Gasteiger partial charge in [0.1, 0.15) is 5.52 Å². The first-order chi connectivity index (χ1) is 5.81. The van der Waals surface area contributed by atoms with E-state index in [0.29, 0.717) is 0 Å². The quantitative estimate of drug-likeness (QED) is 0.644. The Balaban J connectivity index is 2.74. The minimum atomic E-state index is 0.779. The SMILES string of the molecule is CCc1nc2c(C)cncc2o1. The normalized spacial score (nSPS) is 10.8. The zero-order valence-electron chi connectivity index (χ0n) is 7.16. The van der Waals surface area contributed by atoms with Gasteiger partial charge in [-0.3, -0.25) is 4.98 Å². The van der Waals surface area contributed by atoms with Crippen molar-refractivity contribution >= 4 is 11.1 Å². The van der Waals surface area contributed by atoms with Crippen molar-refractivity contribution in [3.05, 3.63) is 23.8 Å². The number of pyridine rings is 1. The van der Waals surface area contributed by atoms with E-state index in [9.17, 15) is 0 Å². The van der Waals surface area contributed by atoms with Crippen molar-refractivity contribution < 1.29 is 4.42 Å². The van der Waals surface area contributed by atoms with Crippen molar-refractivity contribution in [2.24, 2.45) is 0 Å². The maximum Gasteiger partial charge on any atom is 0.195 e. The van der Waals surface area contributed by atoms with Crippen LogP contribution in [0.25, 0.3) is 11.1 Å². The van der Waals surface area contributed by atoms with Crippen LogP contribution < -0.4 is 0 Å². The van der Waals surface area contributed by atoms with Crippen LogP contribution in [0.4, 0.5) is 0 Å². The molecule has 3 heteroatoms. The first-order valence-corrected chi connectivity index (χ1v) is 4.01. The molecule has 0 spiro atoms. The number of aryl methyl sites for hydroxylation is 2. The molecule has 2 heterocycles. The van der Waals surface area contributed by atoms with Crippen LogP contribution in [0.2, 0.25) is 0 Å². The molecule has 0 atom stereocenters. The molecule has 0 radical (unpaired) electrons. The summed E-state index contributed by atoms with van der Waals surface area (Å²) in [5.74, 6) is 0.779. The van der Waals surface area contributed by atoms with Gasteiger partial charge in [0.15, 0.2) is 11.5 Å². The number of nitrogens with zero attached hydrogens (tertiary/aromatic N) is 2. The Hall–Kier alpha value is -1.38. The van der Waals surface area contributed by atoms with Crippen molar-refractivity contribution in [3.63, 3.8) is 0 Å². The molecular formula is C9H10N2O. The van der Waals surface area contributed by atoms with Gasteiger partial charge in [-0.15, -0.1) is 0 Å². The molecule has 0 fully saturated rings. The van der Waals surface area contributed by atoms with Gasteiger partial charge in [-0.25, -0.2) is 4.98 Å². The van der Waals surface area contributed by atoms with Crippen LogP contribution in [0, 0.1) is 6.92 Å². The zero-order valence-corrected chi connectivity index (χ0v) is 7.16. The smallest absolute Gasteiger partial charge is 0.195 e. The van der Waals surface area contributed by atoms with Crippen LogP contribution in [0.1, 0.15) is 18.4 Å². The molecule has 0 aliphatic carbocycles. The van der Waals surface area contributed by atoms with E-state index in [0.717, 1.165) is 29.0 Å². The lowest BCUT2D eigenvalue weighted by Crippen LogP contribution is -1.79. The first-order valence-electron chi connectivity index (χ1n) is 4.01. The van der Waals surface area contributed by atoms with E-state index in [4.69, 9.17) is 4.42 Å². The number of fused-ring (bicyclic) bond motifs is 1. The monoisotopic (exact) mass is 162 g/mol. The Kier molecular flexibility index (Phi) is 1.57. The lowest BCUT2D eigenvalue weighted by molar-refractivity contribution is 0.537. The third kappa shape index (κ3) is 0.978. The summed E-state index contributed by atoms with van der Waals surface area (Å²) < 4.78 is 5.42. The highest BCUT2D eigenvalue weighted by molar-refractivity contribution is 5.74. The van der Waals surface area contributed by atoms with E-state index in [1.165, 1.54) is 0 Å². The number of aromatic nitrogens is 2.